The van der Waals surface area contributed by atoms with Crippen LogP contribution in [0.2, 0.25) is 0 Å². The third kappa shape index (κ3) is 2.67. The van der Waals surface area contributed by atoms with Gasteiger partial charge >= 0.3 is 0 Å². The van der Waals surface area contributed by atoms with Crippen molar-refractivity contribution in [2.45, 2.75) is 45.2 Å². The lowest BCUT2D eigenvalue weighted by atomic mass is 9.94. The van der Waals surface area contributed by atoms with E-state index in [1.165, 1.54) is 32.4 Å². The third-order valence-electron chi connectivity index (χ3n) is 4.35. The van der Waals surface area contributed by atoms with Gasteiger partial charge in [-0.25, -0.2) is 0 Å². The van der Waals surface area contributed by atoms with Gasteiger partial charge in [0.25, 0.3) is 0 Å². The molecule has 1 aliphatic carbocycles. The summed E-state index contributed by atoms with van der Waals surface area (Å²) >= 11 is 0. The summed E-state index contributed by atoms with van der Waals surface area (Å²) in [6, 6.07) is 1.46. The molecule has 0 aromatic carbocycles. The van der Waals surface area contributed by atoms with Crippen LogP contribution in [0.25, 0.3) is 0 Å². The van der Waals surface area contributed by atoms with E-state index in [4.69, 9.17) is 0 Å². The fraction of sp³-hybridized carbons (Fsp3) is 0.857. The zero-order valence-electron chi connectivity index (χ0n) is 10.8. The molecule has 2 rings (SSSR count). The summed E-state index contributed by atoms with van der Waals surface area (Å²) in [6.45, 7) is 12.0. The molecule has 0 aromatic heterocycles. The van der Waals surface area contributed by atoms with Crippen LogP contribution in [0.15, 0.2) is 12.7 Å². The molecular weight excluding hydrogens is 196 g/mol. The van der Waals surface area contributed by atoms with E-state index in [0.717, 1.165) is 24.4 Å². The molecular formula is C14H26N2. The Labute approximate surface area is 100 Å². The van der Waals surface area contributed by atoms with E-state index in [1.54, 1.807) is 0 Å². The SMILES string of the molecule is C=CCN1CC(C(C)CC)NCC1C1CC1. The highest BCUT2D eigenvalue weighted by atomic mass is 15.2. The molecule has 0 bridgehead atoms. The van der Waals surface area contributed by atoms with Gasteiger partial charge in [0.1, 0.15) is 0 Å². The van der Waals surface area contributed by atoms with E-state index in [1.807, 2.05) is 0 Å². The fourth-order valence-corrected chi connectivity index (χ4v) is 2.84. The predicted octanol–water partition coefficient (Wildman–Crippen LogP) is 2.27. The average molecular weight is 222 g/mol. The van der Waals surface area contributed by atoms with Crippen molar-refractivity contribution < 1.29 is 0 Å². The van der Waals surface area contributed by atoms with Gasteiger partial charge in [-0.3, -0.25) is 4.90 Å². The Balaban J connectivity index is 1.93. The monoisotopic (exact) mass is 222 g/mol. The molecule has 1 heterocycles. The van der Waals surface area contributed by atoms with Crippen LogP contribution in [0.4, 0.5) is 0 Å². The first-order valence-corrected chi connectivity index (χ1v) is 6.84. The largest absolute Gasteiger partial charge is 0.311 e. The summed E-state index contributed by atoms with van der Waals surface area (Å²) in [6.07, 6.45) is 6.21. The molecule has 1 aliphatic heterocycles. The van der Waals surface area contributed by atoms with Crippen LogP contribution >= 0.6 is 0 Å². The van der Waals surface area contributed by atoms with E-state index in [0.29, 0.717) is 6.04 Å². The number of piperazine rings is 1. The van der Waals surface area contributed by atoms with Crippen molar-refractivity contribution in [3.05, 3.63) is 12.7 Å². The molecule has 1 saturated heterocycles. The second-order valence-electron chi connectivity index (χ2n) is 5.55. The Morgan fingerprint density at radius 3 is 2.81 bits per heavy atom. The Morgan fingerprint density at radius 1 is 1.50 bits per heavy atom. The second-order valence-corrected chi connectivity index (χ2v) is 5.55. The number of nitrogens with zero attached hydrogens (tertiary/aromatic N) is 1. The van der Waals surface area contributed by atoms with E-state index in [9.17, 15) is 0 Å². The summed E-state index contributed by atoms with van der Waals surface area (Å²) in [5.41, 5.74) is 0. The lowest BCUT2D eigenvalue weighted by Gasteiger charge is -2.42. The molecule has 2 aliphatic rings. The normalized spacial score (nSPS) is 33.6. The maximum absolute atomic E-state index is 3.90. The van der Waals surface area contributed by atoms with E-state index < -0.39 is 0 Å². The summed E-state index contributed by atoms with van der Waals surface area (Å²) in [5, 5.41) is 3.75. The molecule has 2 fully saturated rings. The van der Waals surface area contributed by atoms with Crippen molar-refractivity contribution in [3.8, 4) is 0 Å². The van der Waals surface area contributed by atoms with E-state index in [-0.39, 0.29) is 0 Å². The molecule has 1 saturated carbocycles. The molecule has 0 radical (unpaired) electrons. The molecule has 2 nitrogen and oxygen atoms in total. The fourth-order valence-electron chi connectivity index (χ4n) is 2.84. The molecule has 0 spiro atoms. The van der Waals surface area contributed by atoms with Crippen LogP contribution in [0, 0.1) is 11.8 Å². The Kier molecular flexibility index (Phi) is 4.04. The molecule has 3 atom stereocenters. The molecule has 1 N–H and O–H groups in total. The van der Waals surface area contributed by atoms with Gasteiger partial charge < -0.3 is 5.32 Å². The first-order valence-electron chi connectivity index (χ1n) is 6.84. The van der Waals surface area contributed by atoms with E-state index >= 15 is 0 Å². The maximum Gasteiger partial charge on any atom is 0.0252 e. The van der Waals surface area contributed by atoms with Crippen molar-refractivity contribution in [3.63, 3.8) is 0 Å². The molecule has 2 heteroatoms. The number of rotatable bonds is 5. The topological polar surface area (TPSA) is 15.3 Å². The minimum atomic E-state index is 0.681. The minimum absolute atomic E-state index is 0.681. The lowest BCUT2D eigenvalue weighted by Crippen LogP contribution is -2.59. The van der Waals surface area contributed by atoms with Crippen molar-refractivity contribution in [2.75, 3.05) is 19.6 Å². The third-order valence-corrected chi connectivity index (χ3v) is 4.35. The standard InChI is InChI=1S/C14H26N2/c1-4-8-16-10-13(11(3)5-2)15-9-14(16)12-6-7-12/h4,11-15H,1,5-10H2,2-3H3. The number of hydrogen-bond acceptors (Lipinski definition) is 2. The first kappa shape index (κ1) is 12.1. The summed E-state index contributed by atoms with van der Waals surface area (Å²) in [7, 11) is 0. The molecule has 3 unspecified atom stereocenters. The van der Waals surface area contributed by atoms with Crippen molar-refractivity contribution in [1.82, 2.24) is 10.2 Å². The average Bonchev–Trinajstić information content (AvgIpc) is 3.12. The molecule has 0 amide bonds. The minimum Gasteiger partial charge on any atom is -0.311 e. The Morgan fingerprint density at radius 2 is 2.25 bits per heavy atom. The van der Waals surface area contributed by atoms with Gasteiger partial charge in [0.15, 0.2) is 0 Å². The highest BCUT2D eigenvalue weighted by Crippen LogP contribution is 2.36. The van der Waals surface area contributed by atoms with E-state index in [2.05, 4.69) is 36.7 Å². The van der Waals surface area contributed by atoms with Gasteiger partial charge in [-0.15, -0.1) is 6.58 Å². The van der Waals surface area contributed by atoms with Crippen molar-refractivity contribution >= 4 is 0 Å². The van der Waals surface area contributed by atoms with Gasteiger partial charge in [0.05, 0.1) is 0 Å². The summed E-state index contributed by atoms with van der Waals surface area (Å²) in [5.74, 6) is 1.75. The predicted molar refractivity (Wildman–Crippen MR) is 69.5 cm³/mol. The number of hydrogen-bond donors (Lipinski definition) is 1. The van der Waals surface area contributed by atoms with Gasteiger partial charge in [-0.2, -0.15) is 0 Å². The smallest absolute Gasteiger partial charge is 0.0252 e. The van der Waals surface area contributed by atoms with Crippen LogP contribution in [0.5, 0.6) is 0 Å². The highest BCUT2D eigenvalue weighted by Gasteiger charge is 2.38. The van der Waals surface area contributed by atoms with Crippen molar-refractivity contribution in [2.24, 2.45) is 11.8 Å². The Bertz CT molecular complexity index is 235. The van der Waals surface area contributed by atoms with Crippen molar-refractivity contribution in [1.29, 1.82) is 0 Å². The van der Waals surface area contributed by atoms with Gasteiger partial charge in [0.2, 0.25) is 0 Å². The van der Waals surface area contributed by atoms with Crippen LogP contribution in [0.1, 0.15) is 33.1 Å². The maximum atomic E-state index is 3.90. The molecule has 16 heavy (non-hydrogen) atoms. The highest BCUT2D eigenvalue weighted by molar-refractivity contribution is 4.97. The summed E-state index contributed by atoms with van der Waals surface area (Å²) < 4.78 is 0. The lowest BCUT2D eigenvalue weighted by molar-refractivity contribution is 0.108. The molecule has 0 aromatic rings. The quantitative estimate of drug-likeness (QED) is 0.718. The molecule has 92 valence electrons. The second kappa shape index (κ2) is 5.33. The van der Waals surface area contributed by atoms with Crippen LogP contribution in [-0.4, -0.2) is 36.6 Å². The van der Waals surface area contributed by atoms with Gasteiger partial charge in [-0.1, -0.05) is 26.3 Å². The Hall–Kier alpha value is -0.340. The van der Waals surface area contributed by atoms with Crippen LogP contribution < -0.4 is 5.32 Å². The zero-order chi connectivity index (χ0) is 11.5. The van der Waals surface area contributed by atoms with Crippen LogP contribution in [0.3, 0.4) is 0 Å². The summed E-state index contributed by atoms with van der Waals surface area (Å²) in [4.78, 5) is 2.65. The van der Waals surface area contributed by atoms with Crippen LogP contribution in [-0.2, 0) is 0 Å². The number of nitrogens with one attached hydrogen (secondary N) is 1. The van der Waals surface area contributed by atoms with Gasteiger partial charge in [-0.05, 0) is 24.7 Å². The van der Waals surface area contributed by atoms with Gasteiger partial charge in [0, 0.05) is 31.7 Å². The zero-order valence-corrected chi connectivity index (χ0v) is 10.8. The first-order chi connectivity index (χ1) is 7.76.